The summed E-state index contributed by atoms with van der Waals surface area (Å²) in [6.45, 7) is -0.233. The first-order chi connectivity index (χ1) is 14.8. The van der Waals surface area contributed by atoms with Crippen LogP contribution in [0.3, 0.4) is 0 Å². The summed E-state index contributed by atoms with van der Waals surface area (Å²) in [7, 11) is 1.38. The lowest BCUT2D eigenvalue weighted by atomic mass is 10.1. The Morgan fingerprint density at radius 3 is 2.39 bits per heavy atom. The first-order valence-corrected chi connectivity index (χ1v) is 9.07. The largest absolute Gasteiger partial charge is 0.496 e. The predicted molar refractivity (Wildman–Crippen MR) is 104 cm³/mol. The van der Waals surface area contributed by atoms with Gasteiger partial charge in [0, 0.05) is 11.1 Å². The molecule has 0 aliphatic heterocycles. The highest BCUT2D eigenvalue weighted by molar-refractivity contribution is 6.06. The molecule has 0 aliphatic rings. The Kier molecular flexibility index (Phi) is 6.84. The van der Waals surface area contributed by atoms with Crippen LogP contribution in [0, 0.1) is 5.82 Å². The van der Waals surface area contributed by atoms with Crippen molar-refractivity contribution >= 4 is 11.9 Å². The minimum atomic E-state index is -2.98. The number of ether oxygens (including phenoxy) is 1. The molecule has 3 rings (SSSR count). The molecular weight excluding hydrogens is 419 g/mol. The molecule has 9 heteroatoms. The minimum Gasteiger partial charge on any atom is -0.496 e. The van der Waals surface area contributed by atoms with Gasteiger partial charge in [0.25, 0.3) is 12.9 Å². The van der Waals surface area contributed by atoms with Gasteiger partial charge in [-0.3, -0.25) is 9.48 Å². The number of aromatic nitrogens is 2. The zero-order valence-corrected chi connectivity index (χ0v) is 16.2. The molecule has 0 saturated carbocycles. The number of rotatable bonds is 8. The van der Waals surface area contributed by atoms with E-state index in [0.29, 0.717) is 28.5 Å². The Bertz CT molecular complexity index is 1090. The van der Waals surface area contributed by atoms with Gasteiger partial charge in [0.1, 0.15) is 23.0 Å². The number of hydrogen-bond donors (Lipinski definition) is 0. The molecule has 31 heavy (non-hydrogen) atoms. The first kappa shape index (κ1) is 22.2. The minimum absolute atomic E-state index is 0.233. The number of alkyl halides is 4. The van der Waals surface area contributed by atoms with E-state index in [-0.39, 0.29) is 12.3 Å². The number of methoxy groups -OCH3 is 1. The van der Waals surface area contributed by atoms with Gasteiger partial charge in [-0.15, -0.1) is 0 Å². The second-order valence-electron chi connectivity index (χ2n) is 6.53. The number of allylic oxidation sites excluding steroid dienone is 1. The van der Waals surface area contributed by atoms with Crippen molar-refractivity contribution in [1.29, 1.82) is 0 Å². The van der Waals surface area contributed by atoms with Gasteiger partial charge in [-0.05, 0) is 54.1 Å². The lowest BCUT2D eigenvalue weighted by Crippen LogP contribution is -2.08. The van der Waals surface area contributed by atoms with Crippen LogP contribution >= 0.6 is 0 Å². The van der Waals surface area contributed by atoms with Crippen molar-refractivity contribution in [3.05, 3.63) is 88.5 Å². The summed E-state index contributed by atoms with van der Waals surface area (Å²) in [4.78, 5) is 12.2. The van der Waals surface area contributed by atoms with Gasteiger partial charge in [0.2, 0.25) is 0 Å². The summed E-state index contributed by atoms with van der Waals surface area (Å²) in [5.74, 6) is -0.473. The Morgan fingerprint density at radius 2 is 1.77 bits per heavy atom. The van der Waals surface area contributed by atoms with Crippen molar-refractivity contribution < 1.29 is 31.5 Å². The maximum atomic E-state index is 13.3. The maximum absolute atomic E-state index is 13.3. The fraction of sp³-hybridized carbons (Fsp3) is 0.182. The average molecular weight is 436 g/mol. The first-order valence-electron chi connectivity index (χ1n) is 9.07. The fourth-order valence-corrected chi connectivity index (χ4v) is 2.93. The van der Waals surface area contributed by atoms with E-state index in [1.165, 1.54) is 43.5 Å². The number of nitrogens with zero attached hydrogens (tertiary/aromatic N) is 2. The zero-order valence-electron chi connectivity index (χ0n) is 16.2. The maximum Gasteiger partial charge on any atom is 0.282 e. The summed E-state index contributed by atoms with van der Waals surface area (Å²) in [6, 6.07) is 10.5. The molecule has 0 N–H and O–H groups in total. The molecule has 0 fully saturated rings. The fourth-order valence-electron chi connectivity index (χ4n) is 2.93. The lowest BCUT2D eigenvalue weighted by Gasteiger charge is -2.12. The third-order valence-corrected chi connectivity index (χ3v) is 4.46. The summed E-state index contributed by atoms with van der Waals surface area (Å²) in [6.07, 6.45) is -3.18. The van der Waals surface area contributed by atoms with Crippen LogP contribution in [0.2, 0.25) is 0 Å². The SMILES string of the molecule is COc1ccc(/C=C/C(=O)c2ccc(F)cc2)cc1Cn1nc(C(F)F)cc1C(F)F. The van der Waals surface area contributed by atoms with Crippen molar-refractivity contribution in [2.24, 2.45) is 0 Å². The summed E-state index contributed by atoms with van der Waals surface area (Å²) in [5, 5.41) is 3.58. The van der Waals surface area contributed by atoms with Crippen LogP contribution in [0.25, 0.3) is 6.08 Å². The summed E-state index contributed by atoms with van der Waals surface area (Å²) < 4.78 is 71.3. The van der Waals surface area contributed by atoms with E-state index in [9.17, 15) is 26.7 Å². The quantitative estimate of drug-likeness (QED) is 0.253. The van der Waals surface area contributed by atoms with Crippen LogP contribution in [0.4, 0.5) is 22.0 Å². The van der Waals surface area contributed by atoms with Gasteiger partial charge in [0.05, 0.1) is 13.7 Å². The standard InChI is InChI=1S/C22H17F5N2O2/c1-31-20-9-3-13(2-8-19(30)14-4-6-16(23)7-5-14)10-15(20)12-29-18(22(26)27)11-17(28-29)21(24)25/h2-11,21-22H,12H2,1H3/b8-2+. The highest BCUT2D eigenvalue weighted by Crippen LogP contribution is 2.28. The highest BCUT2D eigenvalue weighted by atomic mass is 19.3. The number of carbonyl (C=O) groups is 1. The number of hydrogen-bond acceptors (Lipinski definition) is 3. The third-order valence-electron chi connectivity index (χ3n) is 4.46. The van der Waals surface area contributed by atoms with E-state index in [1.54, 1.807) is 18.2 Å². The normalized spacial score (nSPS) is 11.6. The number of benzene rings is 2. The van der Waals surface area contributed by atoms with Gasteiger partial charge in [0.15, 0.2) is 5.78 Å². The Hall–Kier alpha value is -3.49. The molecule has 0 unspecified atom stereocenters. The second kappa shape index (κ2) is 9.55. The third kappa shape index (κ3) is 5.36. The summed E-state index contributed by atoms with van der Waals surface area (Å²) >= 11 is 0. The van der Waals surface area contributed by atoms with Crippen LogP contribution in [-0.4, -0.2) is 22.7 Å². The molecule has 0 radical (unpaired) electrons. The molecule has 162 valence electrons. The zero-order chi connectivity index (χ0) is 22.5. The van der Waals surface area contributed by atoms with Gasteiger partial charge >= 0.3 is 0 Å². The van der Waals surface area contributed by atoms with E-state index < -0.39 is 30.1 Å². The van der Waals surface area contributed by atoms with Crippen LogP contribution in [0.1, 0.15) is 45.7 Å². The van der Waals surface area contributed by atoms with E-state index >= 15 is 0 Å². The number of carbonyl (C=O) groups excluding carboxylic acids is 1. The molecule has 0 amide bonds. The smallest absolute Gasteiger partial charge is 0.282 e. The monoisotopic (exact) mass is 436 g/mol. The van der Waals surface area contributed by atoms with Crippen LogP contribution in [0.5, 0.6) is 5.75 Å². The molecule has 0 atom stereocenters. The molecular formula is C22H17F5N2O2. The number of halogens is 5. The Labute approximate surface area is 174 Å². The molecule has 4 nitrogen and oxygen atoms in total. The average Bonchev–Trinajstić information content (AvgIpc) is 3.17. The van der Waals surface area contributed by atoms with E-state index in [4.69, 9.17) is 4.74 Å². The number of ketones is 1. The topological polar surface area (TPSA) is 44.1 Å². The molecule has 0 saturated heterocycles. The van der Waals surface area contributed by atoms with E-state index in [2.05, 4.69) is 5.10 Å². The van der Waals surface area contributed by atoms with Crippen molar-refractivity contribution in [3.63, 3.8) is 0 Å². The predicted octanol–water partition coefficient (Wildman–Crippen LogP) is 5.85. The van der Waals surface area contributed by atoms with Gasteiger partial charge < -0.3 is 4.74 Å². The van der Waals surface area contributed by atoms with Crippen molar-refractivity contribution in [2.75, 3.05) is 7.11 Å². The van der Waals surface area contributed by atoms with E-state index in [1.807, 2.05) is 0 Å². The van der Waals surface area contributed by atoms with E-state index in [0.717, 1.165) is 4.68 Å². The Morgan fingerprint density at radius 1 is 1.06 bits per heavy atom. The van der Waals surface area contributed by atoms with Gasteiger partial charge in [-0.25, -0.2) is 22.0 Å². The molecule has 0 bridgehead atoms. The molecule has 0 spiro atoms. The van der Waals surface area contributed by atoms with Gasteiger partial charge in [-0.1, -0.05) is 12.1 Å². The highest BCUT2D eigenvalue weighted by Gasteiger charge is 2.22. The molecule has 2 aromatic carbocycles. The summed E-state index contributed by atoms with van der Waals surface area (Å²) in [5.41, 5.74) is -0.125. The Balaban J connectivity index is 1.87. The van der Waals surface area contributed by atoms with Crippen LogP contribution in [-0.2, 0) is 6.54 Å². The second-order valence-corrected chi connectivity index (χ2v) is 6.53. The molecule has 1 aromatic heterocycles. The molecule has 3 aromatic rings. The van der Waals surface area contributed by atoms with Crippen molar-refractivity contribution in [2.45, 2.75) is 19.4 Å². The lowest BCUT2D eigenvalue weighted by molar-refractivity contribution is 0.104. The van der Waals surface area contributed by atoms with Crippen LogP contribution < -0.4 is 4.74 Å². The molecule has 0 aliphatic carbocycles. The van der Waals surface area contributed by atoms with Crippen LogP contribution in [0.15, 0.2) is 54.6 Å². The van der Waals surface area contributed by atoms with Gasteiger partial charge in [-0.2, -0.15) is 5.10 Å². The van der Waals surface area contributed by atoms with Crippen molar-refractivity contribution in [3.8, 4) is 5.75 Å². The molecule has 1 heterocycles. The van der Waals surface area contributed by atoms with Crippen molar-refractivity contribution in [1.82, 2.24) is 9.78 Å².